The molecule has 1 heterocycles. The molecule has 5 heteroatoms. The summed E-state index contributed by atoms with van der Waals surface area (Å²) in [5.74, 6) is 0.548. The van der Waals surface area contributed by atoms with Gasteiger partial charge in [-0.25, -0.2) is 0 Å². The lowest BCUT2D eigenvalue weighted by atomic mass is 10.2. The van der Waals surface area contributed by atoms with Crippen LogP contribution < -0.4 is 10.1 Å². The fourth-order valence-electron chi connectivity index (χ4n) is 2.13. The number of benzene rings is 1. The topological polar surface area (TPSA) is 47.6 Å². The van der Waals surface area contributed by atoms with E-state index in [1.807, 2.05) is 6.92 Å². The van der Waals surface area contributed by atoms with Crippen LogP contribution in [-0.2, 0) is 9.53 Å². The summed E-state index contributed by atoms with van der Waals surface area (Å²) in [5.41, 5.74) is 0. The highest BCUT2D eigenvalue weighted by Gasteiger charge is 2.21. The van der Waals surface area contributed by atoms with Gasteiger partial charge in [-0.05, 0) is 43.5 Å². The van der Waals surface area contributed by atoms with Crippen molar-refractivity contribution in [3.8, 4) is 5.75 Å². The van der Waals surface area contributed by atoms with Crippen molar-refractivity contribution in [1.82, 2.24) is 5.32 Å². The van der Waals surface area contributed by atoms with Gasteiger partial charge in [0.05, 0.1) is 6.10 Å². The molecular formula is C15H20ClNO3. The largest absolute Gasteiger partial charge is 0.481 e. The number of halogens is 1. The van der Waals surface area contributed by atoms with Crippen molar-refractivity contribution in [2.45, 2.75) is 38.4 Å². The lowest BCUT2D eigenvalue weighted by Gasteiger charge is -2.18. The van der Waals surface area contributed by atoms with Gasteiger partial charge in [0, 0.05) is 18.2 Å². The maximum absolute atomic E-state index is 12.1. The molecule has 1 N–H and O–H groups in total. The van der Waals surface area contributed by atoms with Crippen LogP contribution in [0, 0.1) is 0 Å². The summed E-state index contributed by atoms with van der Waals surface area (Å²) in [4.78, 5) is 12.1. The number of nitrogens with one attached hydrogen (secondary N) is 1. The Morgan fingerprint density at radius 2 is 2.25 bits per heavy atom. The molecule has 110 valence electrons. The standard InChI is InChI=1S/C15H20ClNO3/c1-2-14(20-12-7-5-11(16)6-8-12)15(18)17-10-13-4-3-9-19-13/h5-8,13-14H,2-4,9-10H2,1H3,(H,17,18). The third-order valence-corrected chi connectivity index (χ3v) is 3.54. The molecule has 2 atom stereocenters. The zero-order valence-electron chi connectivity index (χ0n) is 11.6. The molecule has 1 aromatic carbocycles. The minimum absolute atomic E-state index is 0.0991. The van der Waals surface area contributed by atoms with E-state index in [4.69, 9.17) is 21.1 Å². The van der Waals surface area contributed by atoms with Crippen molar-refractivity contribution in [3.05, 3.63) is 29.3 Å². The fraction of sp³-hybridized carbons (Fsp3) is 0.533. The average Bonchev–Trinajstić information content (AvgIpc) is 2.97. The molecule has 0 aliphatic carbocycles. The van der Waals surface area contributed by atoms with E-state index < -0.39 is 6.10 Å². The Balaban J connectivity index is 1.83. The van der Waals surface area contributed by atoms with Gasteiger partial charge in [0.25, 0.3) is 5.91 Å². The molecule has 0 aromatic heterocycles. The van der Waals surface area contributed by atoms with Crippen LogP contribution in [0.15, 0.2) is 24.3 Å². The SMILES string of the molecule is CCC(Oc1ccc(Cl)cc1)C(=O)NCC1CCCO1. The van der Waals surface area contributed by atoms with Crippen LogP contribution in [0.2, 0.25) is 5.02 Å². The van der Waals surface area contributed by atoms with Crippen molar-refractivity contribution in [1.29, 1.82) is 0 Å². The van der Waals surface area contributed by atoms with Gasteiger partial charge in [-0.3, -0.25) is 4.79 Å². The average molecular weight is 298 g/mol. The Morgan fingerprint density at radius 3 is 2.85 bits per heavy atom. The second-order valence-corrected chi connectivity index (χ2v) is 5.29. The van der Waals surface area contributed by atoms with E-state index >= 15 is 0 Å². The van der Waals surface area contributed by atoms with E-state index in [-0.39, 0.29) is 12.0 Å². The summed E-state index contributed by atoms with van der Waals surface area (Å²) in [7, 11) is 0. The molecule has 0 saturated carbocycles. The third-order valence-electron chi connectivity index (χ3n) is 3.28. The van der Waals surface area contributed by atoms with Gasteiger partial charge in [-0.1, -0.05) is 18.5 Å². The predicted octanol–water partition coefficient (Wildman–Crippen LogP) is 2.79. The van der Waals surface area contributed by atoms with Crippen LogP contribution in [0.4, 0.5) is 0 Å². The van der Waals surface area contributed by atoms with Crippen molar-refractivity contribution >= 4 is 17.5 Å². The van der Waals surface area contributed by atoms with Gasteiger partial charge < -0.3 is 14.8 Å². The van der Waals surface area contributed by atoms with Crippen LogP contribution in [0.5, 0.6) is 5.75 Å². The Hall–Kier alpha value is -1.26. The Bertz CT molecular complexity index is 429. The highest BCUT2D eigenvalue weighted by Crippen LogP contribution is 2.18. The van der Waals surface area contributed by atoms with E-state index in [0.29, 0.717) is 23.7 Å². The molecule has 0 bridgehead atoms. The maximum Gasteiger partial charge on any atom is 0.261 e. The molecule has 1 aliphatic rings. The zero-order valence-corrected chi connectivity index (χ0v) is 12.4. The summed E-state index contributed by atoms with van der Waals surface area (Å²) in [6, 6.07) is 7.01. The summed E-state index contributed by atoms with van der Waals surface area (Å²) >= 11 is 5.82. The first-order chi connectivity index (χ1) is 9.69. The third kappa shape index (κ3) is 4.39. The van der Waals surface area contributed by atoms with E-state index in [0.717, 1.165) is 19.4 Å². The molecule has 1 fully saturated rings. The van der Waals surface area contributed by atoms with Gasteiger partial charge >= 0.3 is 0 Å². The Kier molecular flexibility index (Phi) is 5.68. The number of hydrogen-bond donors (Lipinski definition) is 1. The number of amides is 1. The maximum atomic E-state index is 12.1. The Morgan fingerprint density at radius 1 is 1.50 bits per heavy atom. The molecule has 20 heavy (non-hydrogen) atoms. The molecule has 1 aliphatic heterocycles. The molecule has 1 saturated heterocycles. The summed E-state index contributed by atoms with van der Waals surface area (Å²) < 4.78 is 11.2. The smallest absolute Gasteiger partial charge is 0.261 e. The second-order valence-electron chi connectivity index (χ2n) is 4.85. The summed E-state index contributed by atoms with van der Waals surface area (Å²) in [6.45, 7) is 3.27. The minimum Gasteiger partial charge on any atom is -0.481 e. The van der Waals surface area contributed by atoms with E-state index in [1.54, 1.807) is 24.3 Å². The monoisotopic (exact) mass is 297 g/mol. The normalized spacial score (nSPS) is 19.6. The highest BCUT2D eigenvalue weighted by atomic mass is 35.5. The van der Waals surface area contributed by atoms with E-state index in [9.17, 15) is 4.79 Å². The van der Waals surface area contributed by atoms with Crippen LogP contribution in [0.3, 0.4) is 0 Å². The van der Waals surface area contributed by atoms with Crippen LogP contribution >= 0.6 is 11.6 Å². The first kappa shape index (κ1) is 15.1. The lowest BCUT2D eigenvalue weighted by Crippen LogP contribution is -2.41. The molecule has 2 unspecified atom stereocenters. The number of ether oxygens (including phenoxy) is 2. The van der Waals surface area contributed by atoms with Gasteiger partial charge in [-0.2, -0.15) is 0 Å². The molecule has 2 rings (SSSR count). The molecule has 0 radical (unpaired) electrons. The summed E-state index contributed by atoms with van der Waals surface area (Å²) in [6.07, 6.45) is 2.35. The molecular weight excluding hydrogens is 278 g/mol. The first-order valence-electron chi connectivity index (χ1n) is 7.00. The number of carbonyl (C=O) groups is 1. The van der Waals surface area contributed by atoms with Gasteiger partial charge in [-0.15, -0.1) is 0 Å². The number of rotatable bonds is 6. The molecule has 1 aromatic rings. The zero-order chi connectivity index (χ0) is 14.4. The van der Waals surface area contributed by atoms with Crippen LogP contribution in [0.25, 0.3) is 0 Å². The lowest BCUT2D eigenvalue weighted by molar-refractivity contribution is -0.128. The van der Waals surface area contributed by atoms with Crippen molar-refractivity contribution in [2.24, 2.45) is 0 Å². The van der Waals surface area contributed by atoms with E-state index in [2.05, 4.69) is 5.32 Å². The van der Waals surface area contributed by atoms with Crippen molar-refractivity contribution in [3.63, 3.8) is 0 Å². The van der Waals surface area contributed by atoms with Gasteiger partial charge in [0.2, 0.25) is 0 Å². The van der Waals surface area contributed by atoms with Gasteiger partial charge in [0.15, 0.2) is 6.10 Å². The highest BCUT2D eigenvalue weighted by molar-refractivity contribution is 6.30. The van der Waals surface area contributed by atoms with Crippen LogP contribution in [-0.4, -0.2) is 31.3 Å². The van der Waals surface area contributed by atoms with Crippen molar-refractivity contribution in [2.75, 3.05) is 13.2 Å². The van der Waals surface area contributed by atoms with Gasteiger partial charge in [0.1, 0.15) is 5.75 Å². The Labute approximate surface area is 124 Å². The van der Waals surface area contributed by atoms with E-state index in [1.165, 1.54) is 0 Å². The molecule has 1 amide bonds. The quantitative estimate of drug-likeness (QED) is 0.878. The molecule has 0 spiro atoms. The predicted molar refractivity (Wildman–Crippen MR) is 78.1 cm³/mol. The van der Waals surface area contributed by atoms with Crippen molar-refractivity contribution < 1.29 is 14.3 Å². The molecule has 4 nitrogen and oxygen atoms in total. The fourth-order valence-corrected chi connectivity index (χ4v) is 2.26. The summed E-state index contributed by atoms with van der Waals surface area (Å²) in [5, 5.41) is 3.54. The second kappa shape index (κ2) is 7.50. The number of hydrogen-bond acceptors (Lipinski definition) is 3. The number of carbonyl (C=O) groups excluding carboxylic acids is 1. The minimum atomic E-state index is -0.488. The first-order valence-corrected chi connectivity index (χ1v) is 7.38. The van der Waals surface area contributed by atoms with Crippen LogP contribution in [0.1, 0.15) is 26.2 Å².